The zero-order valence-electron chi connectivity index (χ0n) is 29.4. The van der Waals surface area contributed by atoms with Crippen molar-refractivity contribution in [2.45, 2.75) is 11.6 Å². The van der Waals surface area contributed by atoms with Gasteiger partial charge < -0.3 is 10.1 Å². The van der Waals surface area contributed by atoms with Gasteiger partial charge >= 0.3 is 0 Å². The molecule has 2 aliphatic heterocycles. The number of hydrogen-bond acceptors (Lipinski definition) is 3. The average Bonchev–Trinajstić information content (AvgIpc) is 3.54. The Labute approximate surface area is 314 Å². The number of anilines is 1. The fraction of sp³-hybridized carbons (Fsp3) is 0.0392. The summed E-state index contributed by atoms with van der Waals surface area (Å²) in [6, 6.07) is 69.6. The minimum absolute atomic E-state index is 0.253. The zero-order valence-corrected chi connectivity index (χ0v) is 29.4. The largest absolute Gasteiger partial charge is 0.457 e. The lowest BCUT2D eigenvalue weighted by atomic mass is 9.66. The number of aliphatic imine (C=N–C) groups is 1. The summed E-state index contributed by atoms with van der Waals surface area (Å²) in [5.74, 6) is 1.79. The van der Waals surface area contributed by atoms with Gasteiger partial charge in [0.1, 0.15) is 17.7 Å². The molecule has 1 N–H and O–H groups in total. The van der Waals surface area contributed by atoms with E-state index in [1.165, 1.54) is 38.9 Å². The summed E-state index contributed by atoms with van der Waals surface area (Å²) in [6.07, 6.45) is -0.253. The van der Waals surface area contributed by atoms with Gasteiger partial charge in [0.05, 0.1) is 11.1 Å². The highest BCUT2D eigenvalue weighted by Gasteiger charge is 2.51. The molecule has 3 nitrogen and oxygen atoms in total. The molecule has 11 rings (SSSR count). The lowest BCUT2D eigenvalue weighted by Crippen LogP contribution is -2.32. The van der Waals surface area contributed by atoms with Crippen LogP contribution in [0.25, 0.3) is 33.4 Å². The molecule has 0 saturated heterocycles. The first kappa shape index (κ1) is 30.6. The summed E-state index contributed by atoms with van der Waals surface area (Å²) >= 11 is 0. The maximum Gasteiger partial charge on any atom is 0.145 e. The summed E-state index contributed by atoms with van der Waals surface area (Å²) in [4.78, 5) is 5.39. The van der Waals surface area contributed by atoms with Crippen molar-refractivity contribution >= 4 is 11.4 Å². The Morgan fingerprint density at radius 1 is 0.407 bits per heavy atom. The zero-order chi connectivity index (χ0) is 35.6. The van der Waals surface area contributed by atoms with E-state index in [4.69, 9.17) is 9.73 Å². The third kappa shape index (κ3) is 4.58. The molecule has 0 fully saturated rings. The van der Waals surface area contributed by atoms with E-state index in [0.717, 1.165) is 56.3 Å². The lowest BCUT2D eigenvalue weighted by Gasteiger charge is -2.39. The van der Waals surface area contributed by atoms with Gasteiger partial charge in [-0.15, -0.1) is 0 Å². The monoisotopic (exact) mass is 690 g/mol. The Morgan fingerprint density at radius 3 is 1.74 bits per heavy atom. The van der Waals surface area contributed by atoms with Gasteiger partial charge in [-0.2, -0.15) is 0 Å². The normalized spacial score (nSPS) is 15.4. The fourth-order valence-corrected chi connectivity index (χ4v) is 8.96. The summed E-state index contributed by atoms with van der Waals surface area (Å²) < 4.78 is 6.70. The number of hydrogen-bond donors (Lipinski definition) is 1. The number of para-hydroxylation sites is 2. The van der Waals surface area contributed by atoms with E-state index < -0.39 is 5.41 Å². The molecule has 0 amide bonds. The van der Waals surface area contributed by atoms with Crippen molar-refractivity contribution in [3.8, 4) is 44.9 Å². The fourth-order valence-electron chi connectivity index (χ4n) is 8.96. The van der Waals surface area contributed by atoms with Gasteiger partial charge in [-0.05, 0) is 80.4 Å². The van der Waals surface area contributed by atoms with Gasteiger partial charge in [0.25, 0.3) is 0 Å². The number of benzene rings is 8. The molecule has 0 bridgehead atoms. The molecule has 0 radical (unpaired) electrons. The van der Waals surface area contributed by atoms with Gasteiger partial charge in [0.15, 0.2) is 0 Å². The smallest absolute Gasteiger partial charge is 0.145 e. The van der Waals surface area contributed by atoms with E-state index in [9.17, 15) is 0 Å². The van der Waals surface area contributed by atoms with Crippen LogP contribution in [0, 0.1) is 0 Å². The molecule has 0 aromatic heterocycles. The van der Waals surface area contributed by atoms with Crippen molar-refractivity contribution in [1.29, 1.82) is 0 Å². The molecule has 8 aromatic carbocycles. The van der Waals surface area contributed by atoms with Crippen molar-refractivity contribution in [3.05, 3.63) is 233 Å². The Bertz CT molecular complexity index is 2740. The Balaban J connectivity index is 1.02. The van der Waals surface area contributed by atoms with E-state index >= 15 is 0 Å². The highest BCUT2D eigenvalue weighted by atomic mass is 16.5. The van der Waals surface area contributed by atoms with Crippen LogP contribution in [-0.4, -0.2) is 5.71 Å². The van der Waals surface area contributed by atoms with Crippen LogP contribution in [-0.2, 0) is 5.41 Å². The number of nitrogens with zero attached hydrogens (tertiary/aromatic N) is 1. The molecule has 1 unspecified atom stereocenters. The molecule has 2 heterocycles. The molecule has 54 heavy (non-hydrogen) atoms. The molecule has 1 aliphatic carbocycles. The van der Waals surface area contributed by atoms with E-state index in [1.54, 1.807) is 0 Å². The molecule has 3 aliphatic rings. The lowest BCUT2D eigenvalue weighted by molar-refractivity contribution is 0.436. The molecule has 1 atom stereocenters. The van der Waals surface area contributed by atoms with Crippen LogP contribution in [0.2, 0.25) is 0 Å². The first-order chi connectivity index (χ1) is 26.8. The first-order valence-corrected chi connectivity index (χ1v) is 18.6. The first-order valence-electron chi connectivity index (χ1n) is 18.6. The van der Waals surface area contributed by atoms with Gasteiger partial charge in [-0.25, -0.2) is 0 Å². The maximum atomic E-state index is 6.70. The van der Waals surface area contributed by atoms with Gasteiger partial charge in [-0.3, -0.25) is 4.99 Å². The van der Waals surface area contributed by atoms with E-state index in [1.807, 2.05) is 0 Å². The Hall–Kier alpha value is -6.97. The minimum Gasteiger partial charge on any atom is -0.457 e. The van der Waals surface area contributed by atoms with Gasteiger partial charge in [-0.1, -0.05) is 164 Å². The predicted molar refractivity (Wildman–Crippen MR) is 220 cm³/mol. The third-order valence-electron chi connectivity index (χ3n) is 11.4. The molecule has 0 saturated carbocycles. The van der Waals surface area contributed by atoms with Crippen LogP contribution < -0.4 is 10.1 Å². The summed E-state index contributed by atoms with van der Waals surface area (Å²) in [5.41, 5.74) is 17.0. The molecular weight excluding hydrogens is 657 g/mol. The van der Waals surface area contributed by atoms with Crippen LogP contribution in [0.15, 0.2) is 199 Å². The minimum atomic E-state index is -0.505. The summed E-state index contributed by atoms with van der Waals surface area (Å²) in [7, 11) is 0. The quantitative estimate of drug-likeness (QED) is 0.199. The second kappa shape index (κ2) is 12.0. The summed E-state index contributed by atoms with van der Waals surface area (Å²) in [6.45, 7) is 0. The molecule has 8 aromatic rings. The molecular formula is C51H34N2O. The van der Waals surface area contributed by atoms with Gasteiger partial charge in [0.2, 0.25) is 0 Å². The Morgan fingerprint density at radius 2 is 0.963 bits per heavy atom. The highest BCUT2D eigenvalue weighted by molar-refractivity contribution is 6.17. The topological polar surface area (TPSA) is 33.6 Å². The number of nitrogens with one attached hydrogen (secondary N) is 1. The Kier molecular flexibility index (Phi) is 6.83. The van der Waals surface area contributed by atoms with E-state index in [-0.39, 0.29) is 6.17 Å². The van der Waals surface area contributed by atoms with Crippen molar-refractivity contribution in [2.24, 2.45) is 4.99 Å². The highest BCUT2D eigenvalue weighted by Crippen LogP contribution is 2.62. The maximum absolute atomic E-state index is 6.70. The van der Waals surface area contributed by atoms with Crippen molar-refractivity contribution < 1.29 is 4.74 Å². The second-order valence-corrected chi connectivity index (χ2v) is 14.3. The number of fused-ring (bicyclic) bond motifs is 10. The predicted octanol–water partition coefficient (Wildman–Crippen LogP) is 12.5. The van der Waals surface area contributed by atoms with E-state index in [2.05, 4.69) is 199 Å². The molecule has 3 heteroatoms. The van der Waals surface area contributed by atoms with Crippen LogP contribution in [0.3, 0.4) is 0 Å². The van der Waals surface area contributed by atoms with Crippen LogP contribution >= 0.6 is 0 Å². The van der Waals surface area contributed by atoms with Crippen LogP contribution in [0.1, 0.15) is 45.1 Å². The SMILES string of the molecule is c1ccc(-c2ccc(C3=NC(c4cccc(-c5ccc6c(c5)C5(c7ccccc7O6)c6ccccc6-c6ccccc65)c4)Nc4ccccc43)cc2)cc1. The molecule has 254 valence electrons. The summed E-state index contributed by atoms with van der Waals surface area (Å²) in [5, 5.41) is 3.74. The standard InChI is InChI=1S/C51H34N2O/c1-2-13-33(14-3-1)34-25-27-35(28-26-34)49-41-19-6-10-23-46(41)52-50(53-49)38-16-12-15-36(31-38)37-29-30-48-45(32-37)51(44-22-9-11-24-47(44)54-48)42-20-7-4-17-39(42)40-18-5-8-21-43(40)51/h1-32,50,52H. The van der Waals surface area contributed by atoms with Crippen LogP contribution in [0.5, 0.6) is 11.5 Å². The van der Waals surface area contributed by atoms with Gasteiger partial charge in [0, 0.05) is 27.9 Å². The third-order valence-corrected chi connectivity index (χ3v) is 11.4. The number of rotatable bonds is 4. The second-order valence-electron chi connectivity index (χ2n) is 14.3. The van der Waals surface area contributed by atoms with Crippen LogP contribution in [0.4, 0.5) is 5.69 Å². The van der Waals surface area contributed by atoms with Crippen molar-refractivity contribution in [1.82, 2.24) is 0 Å². The number of ether oxygens (including phenoxy) is 1. The van der Waals surface area contributed by atoms with E-state index in [0.29, 0.717) is 0 Å². The van der Waals surface area contributed by atoms with Crippen molar-refractivity contribution in [3.63, 3.8) is 0 Å². The van der Waals surface area contributed by atoms with Crippen molar-refractivity contribution in [2.75, 3.05) is 5.32 Å². The average molecular weight is 691 g/mol. The molecule has 1 spiro atoms.